The van der Waals surface area contributed by atoms with E-state index in [1.54, 1.807) is 6.07 Å². The zero-order valence-electron chi connectivity index (χ0n) is 19.3. The first-order valence-corrected chi connectivity index (χ1v) is 10.2. The lowest BCUT2D eigenvalue weighted by Gasteiger charge is -2.32. The average Bonchev–Trinajstić information content (AvgIpc) is 2.77. The highest BCUT2D eigenvalue weighted by Gasteiger charge is 2.41. The van der Waals surface area contributed by atoms with Crippen molar-refractivity contribution >= 4 is 24.0 Å². The van der Waals surface area contributed by atoms with Crippen LogP contribution in [0.2, 0.25) is 0 Å². The van der Waals surface area contributed by atoms with Crippen LogP contribution in [0.15, 0.2) is 60.9 Å². The van der Waals surface area contributed by atoms with Gasteiger partial charge in [0.1, 0.15) is 0 Å². The zero-order valence-corrected chi connectivity index (χ0v) is 20.1. The number of aromatic nitrogens is 1. The SMILES string of the molecule is Cc1ccccc1-c1ccncc1N(C)C(=O)C(C)(C)c1cc(C(F)(F)F)cc(C(F)(F)F)c1.Cl. The first-order chi connectivity index (χ1) is 15.6. The Bertz CT molecular complexity index is 1190. The number of anilines is 1. The molecule has 0 saturated carbocycles. The van der Waals surface area contributed by atoms with E-state index in [1.165, 1.54) is 38.2 Å². The molecule has 0 saturated heterocycles. The molecule has 3 nitrogen and oxygen atoms in total. The number of rotatable bonds is 4. The Kier molecular flexibility index (Phi) is 7.96. The summed E-state index contributed by atoms with van der Waals surface area (Å²) in [5, 5.41) is 0. The Balaban J connectivity index is 0.00000432. The second kappa shape index (κ2) is 9.89. The monoisotopic (exact) mass is 516 g/mol. The van der Waals surface area contributed by atoms with Crippen molar-refractivity contribution in [2.24, 2.45) is 0 Å². The van der Waals surface area contributed by atoms with E-state index < -0.39 is 40.4 Å². The Morgan fingerprint density at radius 3 is 1.86 bits per heavy atom. The average molecular weight is 517 g/mol. The molecule has 1 amide bonds. The third kappa shape index (κ3) is 5.78. The second-order valence-corrected chi connectivity index (χ2v) is 8.49. The zero-order chi connectivity index (χ0) is 25.5. The summed E-state index contributed by atoms with van der Waals surface area (Å²) < 4.78 is 80.1. The summed E-state index contributed by atoms with van der Waals surface area (Å²) in [7, 11) is 1.42. The molecule has 10 heteroatoms. The van der Waals surface area contributed by atoms with E-state index in [0.29, 0.717) is 23.4 Å². The first-order valence-electron chi connectivity index (χ1n) is 10.2. The van der Waals surface area contributed by atoms with Crippen LogP contribution in [-0.2, 0) is 22.6 Å². The highest BCUT2D eigenvalue weighted by atomic mass is 35.5. The minimum absolute atomic E-state index is 0. The molecule has 0 N–H and O–H groups in total. The molecule has 0 aliphatic heterocycles. The van der Waals surface area contributed by atoms with Gasteiger partial charge in [-0.25, -0.2) is 0 Å². The molecule has 0 radical (unpaired) electrons. The van der Waals surface area contributed by atoms with Crippen LogP contribution >= 0.6 is 12.4 Å². The van der Waals surface area contributed by atoms with Gasteiger partial charge in [0.05, 0.1) is 28.4 Å². The van der Waals surface area contributed by atoms with Crippen molar-refractivity contribution in [1.29, 1.82) is 0 Å². The minimum atomic E-state index is -5.01. The molecule has 3 aromatic rings. The van der Waals surface area contributed by atoms with Crippen LogP contribution in [0.5, 0.6) is 0 Å². The number of halogens is 7. The predicted octanol–water partition coefficient (Wildman–Crippen LogP) is 7.46. The maximum atomic E-state index is 13.5. The van der Waals surface area contributed by atoms with Crippen LogP contribution in [0.25, 0.3) is 11.1 Å². The van der Waals surface area contributed by atoms with E-state index in [1.807, 2.05) is 31.2 Å². The summed E-state index contributed by atoms with van der Waals surface area (Å²) in [5.74, 6) is -0.692. The van der Waals surface area contributed by atoms with Crippen molar-refractivity contribution in [3.8, 4) is 11.1 Å². The van der Waals surface area contributed by atoms with Crippen LogP contribution in [0.1, 0.15) is 36.1 Å². The molecule has 0 atom stereocenters. The van der Waals surface area contributed by atoms with Gasteiger partial charge >= 0.3 is 12.4 Å². The van der Waals surface area contributed by atoms with Crippen molar-refractivity contribution in [2.75, 3.05) is 11.9 Å². The molecule has 188 valence electrons. The van der Waals surface area contributed by atoms with Gasteiger partial charge in [-0.3, -0.25) is 9.78 Å². The summed E-state index contributed by atoms with van der Waals surface area (Å²) in [6.45, 7) is 4.48. The third-order valence-electron chi connectivity index (χ3n) is 5.75. The smallest absolute Gasteiger partial charge is 0.313 e. The third-order valence-corrected chi connectivity index (χ3v) is 5.75. The summed E-state index contributed by atoms with van der Waals surface area (Å²) in [6, 6.07) is 10.3. The lowest BCUT2D eigenvalue weighted by molar-refractivity contribution is -0.143. The van der Waals surface area contributed by atoms with Gasteiger partial charge in [0.25, 0.3) is 0 Å². The van der Waals surface area contributed by atoms with Crippen LogP contribution in [0, 0.1) is 6.92 Å². The molecular formula is C25H23ClF6N2O. The standard InChI is InChI=1S/C25H22F6N2O.ClH/c1-15-7-5-6-8-19(15)20-9-10-32-14-21(20)33(4)22(34)23(2,3)16-11-17(24(26,27)28)13-18(12-16)25(29,30)31;/h5-14H,1-4H3;1H. The molecule has 0 spiro atoms. The lowest BCUT2D eigenvalue weighted by Crippen LogP contribution is -2.42. The Morgan fingerprint density at radius 2 is 1.34 bits per heavy atom. The number of aryl methyl sites for hydroxylation is 1. The van der Waals surface area contributed by atoms with Gasteiger partial charge < -0.3 is 4.90 Å². The summed E-state index contributed by atoms with van der Waals surface area (Å²) in [5.41, 5.74) is -2.29. The van der Waals surface area contributed by atoms with E-state index in [0.717, 1.165) is 11.1 Å². The molecule has 0 bridgehead atoms. The lowest BCUT2D eigenvalue weighted by atomic mass is 9.81. The van der Waals surface area contributed by atoms with Crippen molar-refractivity contribution in [1.82, 2.24) is 4.98 Å². The molecule has 0 fully saturated rings. The fraction of sp³-hybridized carbons (Fsp3) is 0.280. The number of hydrogen-bond donors (Lipinski definition) is 0. The normalized spacial score (nSPS) is 12.2. The number of benzene rings is 2. The quantitative estimate of drug-likeness (QED) is 0.337. The topological polar surface area (TPSA) is 33.2 Å². The summed E-state index contributed by atoms with van der Waals surface area (Å²) >= 11 is 0. The van der Waals surface area contributed by atoms with Crippen molar-refractivity contribution in [2.45, 2.75) is 38.5 Å². The number of carbonyl (C=O) groups excluding carboxylic acids is 1. The maximum Gasteiger partial charge on any atom is 0.416 e. The fourth-order valence-electron chi connectivity index (χ4n) is 3.72. The molecule has 0 aliphatic carbocycles. The largest absolute Gasteiger partial charge is 0.416 e. The Labute approximate surface area is 205 Å². The Hall–Kier alpha value is -3.07. The Morgan fingerprint density at radius 1 is 0.829 bits per heavy atom. The van der Waals surface area contributed by atoms with Crippen molar-refractivity contribution in [3.05, 3.63) is 83.2 Å². The fourth-order valence-corrected chi connectivity index (χ4v) is 3.72. The molecule has 3 rings (SSSR count). The molecule has 0 aliphatic rings. The molecule has 1 aromatic heterocycles. The number of pyridine rings is 1. The molecule has 1 heterocycles. The second-order valence-electron chi connectivity index (χ2n) is 8.49. The van der Waals surface area contributed by atoms with Gasteiger partial charge in [-0.15, -0.1) is 12.4 Å². The highest BCUT2D eigenvalue weighted by molar-refractivity contribution is 6.03. The molecule has 2 aromatic carbocycles. The van der Waals surface area contributed by atoms with Crippen molar-refractivity contribution < 1.29 is 31.1 Å². The van der Waals surface area contributed by atoms with Gasteiger partial charge in [0.15, 0.2) is 0 Å². The van der Waals surface area contributed by atoms with Crippen LogP contribution in [-0.4, -0.2) is 17.9 Å². The molecule has 0 unspecified atom stereocenters. The van der Waals surface area contributed by atoms with Gasteiger partial charge in [-0.1, -0.05) is 24.3 Å². The van der Waals surface area contributed by atoms with E-state index in [4.69, 9.17) is 0 Å². The van der Waals surface area contributed by atoms with Gasteiger partial charge in [0, 0.05) is 18.8 Å². The van der Waals surface area contributed by atoms with E-state index >= 15 is 0 Å². The van der Waals surface area contributed by atoms with Crippen LogP contribution in [0.4, 0.5) is 32.0 Å². The maximum absolute atomic E-state index is 13.5. The van der Waals surface area contributed by atoms with Gasteiger partial charge in [0.2, 0.25) is 5.91 Å². The van der Waals surface area contributed by atoms with Gasteiger partial charge in [-0.05, 0) is 61.7 Å². The summed E-state index contributed by atoms with van der Waals surface area (Å²) in [4.78, 5) is 18.8. The number of carbonyl (C=O) groups is 1. The molecule has 35 heavy (non-hydrogen) atoms. The molecular weight excluding hydrogens is 494 g/mol. The van der Waals surface area contributed by atoms with Gasteiger partial charge in [-0.2, -0.15) is 26.3 Å². The number of likely N-dealkylation sites (N-methyl/N-ethyl adjacent to an activating group) is 1. The number of hydrogen-bond acceptors (Lipinski definition) is 2. The minimum Gasteiger partial charge on any atom is -0.313 e. The van der Waals surface area contributed by atoms with E-state index in [-0.39, 0.29) is 18.5 Å². The van der Waals surface area contributed by atoms with Crippen LogP contribution < -0.4 is 4.90 Å². The number of nitrogens with zero attached hydrogens (tertiary/aromatic N) is 2. The van der Waals surface area contributed by atoms with Crippen molar-refractivity contribution in [3.63, 3.8) is 0 Å². The summed E-state index contributed by atoms with van der Waals surface area (Å²) in [6.07, 6.45) is -7.05. The van der Waals surface area contributed by atoms with Crippen LogP contribution in [0.3, 0.4) is 0 Å². The first kappa shape index (κ1) is 28.2. The van der Waals surface area contributed by atoms with E-state index in [2.05, 4.69) is 4.98 Å². The number of amides is 1. The number of alkyl halides is 6. The predicted molar refractivity (Wildman–Crippen MR) is 125 cm³/mol. The van der Waals surface area contributed by atoms with E-state index in [9.17, 15) is 31.1 Å². The highest BCUT2D eigenvalue weighted by Crippen LogP contribution is 2.40.